The number of hydrogen-bond acceptors (Lipinski definition) is 16. The molecule has 3 rings (SSSR count). The molecule has 2 heterocycles. The fraction of sp³-hybridized carbons (Fsp3) is 0.596. The zero-order chi connectivity index (χ0) is 55.8. The number of H-pyrrole nitrogens is 1. The Morgan fingerprint density at radius 3 is 1.68 bits per heavy atom. The number of aliphatic hydroxyl groups is 2. The molecule has 0 saturated carbocycles. The van der Waals surface area contributed by atoms with Crippen LogP contribution in [0, 0.1) is 0 Å². The standard InChI is InChI=1S/C47H72N12O14S2/c1-24-39(65)55-33(20-36(49)62)43(69)58-35(23-60)46(72)54-31(15-18-75-3)42(68)57-34(21-37(63)64)44(70)53-30(14-8-9-16-48)40(66)52-29(13-5-4-10-17-74)41(67)56-32(45(71)59-38(25(2)61)47(73)51-24)19-26-22-50-28-12-7-6-11-27(26)28/h6-7,11-12,22,24-25,29-35,38,50,60-61,74H,4-5,8-10,13-21,23,48H2,1-3H3,(H2,49,62)(H,51,73)(H,52,66)(H,53,70)(H,54,72)(H,55,65)(H,56,67)(H,57,68)(H,58,69)(H,59,71)(H,63,64)/t24-,25-,29-,30-,31+,32-,33-,34+,35+,38+/m0/s1. The Labute approximate surface area is 443 Å². The maximum Gasteiger partial charge on any atom is 0.305 e. The van der Waals surface area contributed by atoms with Gasteiger partial charge in [-0.3, -0.25) is 52.7 Å². The van der Waals surface area contributed by atoms with Crippen LogP contribution in [0.25, 0.3) is 10.9 Å². The minimum absolute atomic E-state index is 0.00824. The first kappa shape index (κ1) is 62.8. The van der Waals surface area contributed by atoms with E-state index >= 15 is 0 Å². The van der Waals surface area contributed by atoms with E-state index in [0.29, 0.717) is 47.9 Å². The maximum atomic E-state index is 14.5. The molecule has 0 spiro atoms. The molecule has 17 N–H and O–H groups in total. The fourth-order valence-electron chi connectivity index (χ4n) is 7.85. The van der Waals surface area contributed by atoms with Crippen LogP contribution >= 0.6 is 24.4 Å². The zero-order valence-corrected chi connectivity index (χ0v) is 43.8. The van der Waals surface area contributed by atoms with Crippen molar-refractivity contribution < 1.29 is 68.1 Å². The second-order valence-corrected chi connectivity index (χ2v) is 19.5. The number of carbonyl (C=O) groups is 11. The number of thioether (sulfide) groups is 1. The van der Waals surface area contributed by atoms with Gasteiger partial charge in [-0.1, -0.05) is 31.0 Å². The van der Waals surface area contributed by atoms with Crippen LogP contribution in [0.5, 0.6) is 0 Å². The molecular weight excluding hydrogens is 1020 g/mol. The molecule has 1 aliphatic heterocycles. The number of aliphatic hydroxyl groups excluding tert-OH is 2. The third kappa shape index (κ3) is 20.6. The number of rotatable bonds is 20. The molecule has 1 aromatic carbocycles. The minimum Gasteiger partial charge on any atom is -0.481 e. The van der Waals surface area contributed by atoms with Crippen LogP contribution in [0.1, 0.15) is 83.6 Å². The first-order chi connectivity index (χ1) is 35.6. The molecule has 0 bridgehead atoms. The molecule has 10 amide bonds. The average Bonchev–Trinajstić information content (AvgIpc) is 3.77. The summed E-state index contributed by atoms with van der Waals surface area (Å²) in [6.07, 6.45) is 1.60. The van der Waals surface area contributed by atoms with Gasteiger partial charge in [0.15, 0.2) is 0 Å². The summed E-state index contributed by atoms with van der Waals surface area (Å²) in [7, 11) is 0. The van der Waals surface area contributed by atoms with Crippen molar-refractivity contribution in [1.29, 1.82) is 0 Å². The number of carboxylic acid groups (broad SMARTS) is 1. The van der Waals surface area contributed by atoms with Crippen molar-refractivity contribution in [2.45, 2.75) is 145 Å². The van der Waals surface area contributed by atoms with Crippen molar-refractivity contribution in [2.24, 2.45) is 11.5 Å². The topological polar surface area (TPSA) is 425 Å². The van der Waals surface area contributed by atoms with E-state index in [4.69, 9.17) is 11.5 Å². The second kappa shape index (κ2) is 32.1. The number of amides is 10. The van der Waals surface area contributed by atoms with E-state index in [1.54, 1.807) is 36.7 Å². The van der Waals surface area contributed by atoms with E-state index in [0.717, 1.165) is 0 Å². The molecule has 75 heavy (non-hydrogen) atoms. The number of carboxylic acids is 1. The monoisotopic (exact) mass is 1090 g/mol. The van der Waals surface area contributed by atoms with Gasteiger partial charge in [0.1, 0.15) is 54.4 Å². The van der Waals surface area contributed by atoms with Crippen LogP contribution in [-0.2, 0) is 59.2 Å². The number of fused-ring (bicyclic) bond motifs is 1. The lowest BCUT2D eigenvalue weighted by atomic mass is 10.0. The Hall–Kier alpha value is -6.49. The molecule has 28 heteroatoms. The van der Waals surface area contributed by atoms with Crippen LogP contribution < -0.4 is 59.3 Å². The number of unbranched alkanes of at least 4 members (excludes halogenated alkanes) is 3. The van der Waals surface area contributed by atoms with E-state index in [-0.39, 0.29) is 44.4 Å². The maximum absolute atomic E-state index is 14.5. The highest BCUT2D eigenvalue weighted by Gasteiger charge is 2.37. The van der Waals surface area contributed by atoms with Crippen molar-refractivity contribution >= 4 is 100 Å². The predicted octanol–water partition coefficient (Wildman–Crippen LogP) is -3.80. The highest BCUT2D eigenvalue weighted by atomic mass is 32.2. The number of carbonyl (C=O) groups excluding carboxylic acids is 10. The van der Waals surface area contributed by atoms with Crippen molar-refractivity contribution in [3.8, 4) is 0 Å². The number of aliphatic carboxylic acids is 1. The summed E-state index contributed by atoms with van der Waals surface area (Å²) < 4.78 is 0. The summed E-state index contributed by atoms with van der Waals surface area (Å²) in [6, 6.07) is -7.65. The van der Waals surface area contributed by atoms with E-state index in [1.165, 1.54) is 25.6 Å². The Kier molecular flexibility index (Phi) is 26.8. The summed E-state index contributed by atoms with van der Waals surface area (Å²) in [5, 5.41) is 53.4. The normalized spacial score (nSPS) is 24.9. The van der Waals surface area contributed by atoms with Crippen LogP contribution in [-0.4, -0.2) is 177 Å². The van der Waals surface area contributed by atoms with E-state index in [1.807, 2.05) is 0 Å². The minimum atomic E-state index is -1.86. The van der Waals surface area contributed by atoms with E-state index in [9.17, 15) is 68.1 Å². The number of thiol groups is 1. The molecule has 416 valence electrons. The fourth-order valence-corrected chi connectivity index (χ4v) is 8.54. The summed E-state index contributed by atoms with van der Waals surface area (Å²) >= 11 is 5.51. The van der Waals surface area contributed by atoms with Crippen molar-refractivity contribution in [3.05, 3.63) is 36.0 Å². The number of aromatic nitrogens is 1. The van der Waals surface area contributed by atoms with E-state index < -0.39 is 145 Å². The summed E-state index contributed by atoms with van der Waals surface area (Å²) in [4.78, 5) is 153. The zero-order valence-electron chi connectivity index (χ0n) is 42.1. The van der Waals surface area contributed by atoms with Crippen molar-refractivity contribution in [1.82, 2.24) is 52.8 Å². The quantitative estimate of drug-likeness (QED) is 0.0447. The SMILES string of the molecule is CSCC[C@H]1NC(=O)[C@@H](CO)NC(=O)[C@H](CC(N)=O)NC(=O)[C@H](C)NC(=O)[C@@H]([C@H](C)O)NC(=O)[C@H](Cc2c[nH]c3ccccc23)NC(=O)[C@H](CCCCCS)NC(=O)[C@H](CCCCN)NC(=O)[C@@H](CC(=O)O)NC1=O. The number of hydrogen-bond donors (Lipinski definition) is 16. The van der Waals surface area contributed by atoms with Crippen LogP contribution in [0.2, 0.25) is 0 Å². The average molecular weight is 1090 g/mol. The smallest absolute Gasteiger partial charge is 0.305 e. The Bertz CT molecular complexity index is 2320. The van der Waals surface area contributed by atoms with Gasteiger partial charge in [-0.25, -0.2) is 0 Å². The Morgan fingerprint density at radius 2 is 1.13 bits per heavy atom. The molecule has 0 aliphatic carbocycles. The van der Waals surface area contributed by atoms with Gasteiger partial charge < -0.3 is 79.6 Å². The number of aromatic amines is 1. The molecule has 1 aliphatic rings. The molecular formula is C47H72N12O14S2. The first-order valence-corrected chi connectivity index (χ1v) is 26.5. The number of nitrogens with two attached hydrogens (primary N) is 2. The predicted molar refractivity (Wildman–Crippen MR) is 278 cm³/mol. The molecule has 1 saturated heterocycles. The van der Waals surface area contributed by atoms with Gasteiger partial charge in [0, 0.05) is 23.5 Å². The number of para-hydroxylation sites is 1. The summed E-state index contributed by atoms with van der Waals surface area (Å²) in [5.41, 5.74) is 12.3. The third-order valence-corrected chi connectivity index (χ3v) is 13.0. The number of nitrogens with one attached hydrogen (secondary N) is 10. The molecule has 1 fully saturated rings. The van der Waals surface area contributed by atoms with Gasteiger partial charge in [0.05, 0.1) is 25.6 Å². The lowest BCUT2D eigenvalue weighted by molar-refractivity contribution is -0.141. The summed E-state index contributed by atoms with van der Waals surface area (Å²) in [5.74, 6) is -11.5. The van der Waals surface area contributed by atoms with Gasteiger partial charge in [0.2, 0.25) is 59.1 Å². The van der Waals surface area contributed by atoms with Gasteiger partial charge >= 0.3 is 5.97 Å². The van der Waals surface area contributed by atoms with Crippen molar-refractivity contribution in [3.63, 3.8) is 0 Å². The molecule has 0 unspecified atom stereocenters. The van der Waals surface area contributed by atoms with Crippen LogP contribution in [0.4, 0.5) is 0 Å². The number of primary amides is 1. The largest absolute Gasteiger partial charge is 0.481 e. The van der Waals surface area contributed by atoms with E-state index in [2.05, 4.69) is 65.5 Å². The van der Waals surface area contributed by atoms with Crippen LogP contribution in [0.15, 0.2) is 30.5 Å². The summed E-state index contributed by atoms with van der Waals surface area (Å²) in [6.45, 7) is 1.44. The first-order valence-electron chi connectivity index (χ1n) is 24.5. The third-order valence-electron chi connectivity index (χ3n) is 12.0. The van der Waals surface area contributed by atoms with Crippen LogP contribution in [0.3, 0.4) is 0 Å². The molecule has 1 aromatic heterocycles. The molecule has 10 atom stereocenters. The molecule has 26 nitrogen and oxygen atoms in total. The Morgan fingerprint density at radius 1 is 0.640 bits per heavy atom. The van der Waals surface area contributed by atoms with Gasteiger partial charge in [-0.05, 0) is 88.3 Å². The van der Waals surface area contributed by atoms with Gasteiger partial charge in [-0.15, -0.1) is 0 Å². The number of benzene rings is 1. The molecule has 0 radical (unpaired) electrons. The highest BCUT2D eigenvalue weighted by molar-refractivity contribution is 7.98. The highest BCUT2D eigenvalue weighted by Crippen LogP contribution is 2.20. The Balaban J connectivity index is 2.21. The second-order valence-electron chi connectivity index (χ2n) is 18.0. The van der Waals surface area contributed by atoms with Gasteiger partial charge in [0.25, 0.3) is 0 Å². The lowest BCUT2D eigenvalue weighted by Crippen LogP contribution is -2.62. The molecule has 2 aromatic rings. The lowest BCUT2D eigenvalue weighted by Gasteiger charge is -2.28. The van der Waals surface area contributed by atoms with Gasteiger partial charge in [-0.2, -0.15) is 24.4 Å². The van der Waals surface area contributed by atoms with Crippen molar-refractivity contribution in [2.75, 3.05) is 30.9 Å².